The molecule has 2 saturated heterocycles. The second kappa shape index (κ2) is 6.92. The van der Waals surface area contributed by atoms with Crippen LogP contribution < -0.4 is 4.90 Å². The van der Waals surface area contributed by atoms with Crippen molar-refractivity contribution in [3.63, 3.8) is 0 Å². The molecule has 0 aromatic carbocycles. The van der Waals surface area contributed by atoms with Gasteiger partial charge >= 0.3 is 0 Å². The van der Waals surface area contributed by atoms with Crippen LogP contribution in [0.4, 0.5) is 5.82 Å². The highest BCUT2D eigenvalue weighted by atomic mass is 16.5. The minimum absolute atomic E-state index is 0.326. The highest BCUT2D eigenvalue weighted by Crippen LogP contribution is 2.27. The van der Waals surface area contributed by atoms with Crippen LogP contribution in [-0.4, -0.2) is 65.1 Å². The van der Waals surface area contributed by atoms with Gasteiger partial charge in [-0.15, -0.1) is 0 Å². The third kappa shape index (κ3) is 3.25. The molecular weight excluding hydrogens is 314 g/mol. The van der Waals surface area contributed by atoms with E-state index in [0.717, 1.165) is 50.9 Å². The maximum Gasteiger partial charge on any atom is 0.160 e. The van der Waals surface area contributed by atoms with E-state index in [4.69, 9.17) is 9.72 Å². The van der Waals surface area contributed by atoms with Gasteiger partial charge in [0.15, 0.2) is 5.65 Å². The zero-order valence-corrected chi connectivity index (χ0v) is 15.6. The normalized spacial score (nSPS) is 20.7. The van der Waals surface area contributed by atoms with Crippen LogP contribution in [0.1, 0.15) is 38.3 Å². The van der Waals surface area contributed by atoms with E-state index in [9.17, 15) is 0 Å². The SMILES string of the molecule is Cc1cc(N2CCC(N3CCOCC3)CC2)nc2c1cnn2C(C)C. The van der Waals surface area contributed by atoms with Gasteiger partial charge in [-0.05, 0) is 45.2 Å². The molecule has 2 aliphatic heterocycles. The van der Waals surface area contributed by atoms with Crippen molar-refractivity contribution in [3.05, 3.63) is 17.8 Å². The minimum Gasteiger partial charge on any atom is -0.379 e. The van der Waals surface area contributed by atoms with Crippen LogP contribution >= 0.6 is 0 Å². The van der Waals surface area contributed by atoms with Crippen molar-refractivity contribution in [3.8, 4) is 0 Å². The number of ether oxygens (including phenoxy) is 1. The van der Waals surface area contributed by atoms with Crippen LogP contribution in [0.15, 0.2) is 12.3 Å². The molecule has 25 heavy (non-hydrogen) atoms. The Morgan fingerprint density at radius 1 is 1.12 bits per heavy atom. The highest BCUT2D eigenvalue weighted by Gasteiger charge is 2.26. The Morgan fingerprint density at radius 2 is 1.84 bits per heavy atom. The monoisotopic (exact) mass is 343 g/mol. The molecule has 0 saturated carbocycles. The van der Waals surface area contributed by atoms with Gasteiger partial charge < -0.3 is 9.64 Å². The fourth-order valence-corrected chi connectivity index (χ4v) is 4.10. The van der Waals surface area contributed by atoms with Gasteiger partial charge in [0.1, 0.15) is 5.82 Å². The van der Waals surface area contributed by atoms with Gasteiger partial charge in [-0.2, -0.15) is 5.10 Å². The van der Waals surface area contributed by atoms with Crippen molar-refractivity contribution in [1.29, 1.82) is 0 Å². The average Bonchev–Trinajstić information content (AvgIpc) is 3.07. The van der Waals surface area contributed by atoms with Gasteiger partial charge in [0.05, 0.1) is 19.4 Å². The first-order chi connectivity index (χ1) is 12.1. The van der Waals surface area contributed by atoms with Crippen LogP contribution in [-0.2, 0) is 4.74 Å². The molecule has 0 spiro atoms. The number of morpholine rings is 1. The fraction of sp³-hybridized carbons (Fsp3) is 0.684. The van der Waals surface area contributed by atoms with E-state index < -0.39 is 0 Å². The van der Waals surface area contributed by atoms with Gasteiger partial charge in [0, 0.05) is 43.6 Å². The predicted octanol–water partition coefficient (Wildman–Crippen LogP) is 2.62. The summed E-state index contributed by atoms with van der Waals surface area (Å²) in [6.45, 7) is 12.6. The summed E-state index contributed by atoms with van der Waals surface area (Å²) >= 11 is 0. The van der Waals surface area contributed by atoms with Crippen LogP contribution in [0, 0.1) is 6.92 Å². The third-order valence-electron chi connectivity index (χ3n) is 5.60. The molecule has 136 valence electrons. The summed E-state index contributed by atoms with van der Waals surface area (Å²) in [5, 5.41) is 5.70. The number of piperidine rings is 1. The van der Waals surface area contributed by atoms with Gasteiger partial charge in [-0.1, -0.05) is 0 Å². The molecule has 4 rings (SSSR count). The van der Waals surface area contributed by atoms with Crippen molar-refractivity contribution in [2.45, 2.75) is 45.7 Å². The van der Waals surface area contributed by atoms with Crippen molar-refractivity contribution >= 4 is 16.9 Å². The number of nitrogens with zero attached hydrogens (tertiary/aromatic N) is 5. The summed E-state index contributed by atoms with van der Waals surface area (Å²) in [6, 6.07) is 3.25. The second-order valence-electron chi connectivity index (χ2n) is 7.58. The molecule has 2 aromatic heterocycles. The van der Waals surface area contributed by atoms with Crippen molar-refractivity contribution in [2.75, 3.05) is 44.3 Å². The number of aromatic nitrogens is 3. The first-order valence-corrected chi connectivity index (χ1v) is 9.55. The second-order valence-corrected chi connectivity index (χ2v) is 7.58. The molecule has 6 nitrogen and oxygen atoms in total. The van der Waals surface area contributed by atoms with Crippen LogP contribution in [0.25, 0.3) is 11.0 Å². The Labute approximate surface area is 149 Å². The highest BCUT2D eigenvalue weighted by molar-refractivity contribution is 5.80. The van der Waals surface area contributed by atoms with Crippen molar-refractivity contribution in [1.82, 2.24) is 19.7 Å². The summed E-state index contributed by atoms with van der Waals surface area (Å²) < 4.78 is 7.52. The molecule has 0 aliphatic carbocycles. The van der Waals surface area contributed by atoms with E-state index in [-0.39, 0.29) is 0 Å². The zero-order valence-electron chi connectivity index (χ0n) is 15.6. The van der Waals surface area contributed by atoms with E-state index in [1.807, 2.05) is 10.9 Å². The Bertz CT molecular complexity index is 727. The number of anilines is 1. The van der Waals surface area contributed by atoms with Crippen LogP contribution in [0.5, 0.6) is 0 Å². The number of pyridine rings is 1. The van der Waals surface area contributed by atoms with E-state index in [1.165, 1.54) is 23.8 Å². The number of aryl methyl sites for hydroxylation is 1. The van der Waals surface area contributed by atoms with Crippen LogP contribution in [0.2, 0.25) is 0 Å². The standard InChI is InChI=1S/C19H29N5O/c1-14(2)24-19-17(13-20-24)15(3)12-18(21-19)23-6-4-16(5-7-23)22-8-10-25-11-9-22/h12-14,16H,4-11H2,1-3H3. The lowest BCUT2D eigenvalue weighted by molar-refractivity contribution is 0.0115. The Balaban J connectivity index is 1.51. The molecule has 2 aromatic rings. The smallest absolute Gasteiger partial charge is 0.160 e. The summed E-state index contributed by atoms with van der Waals surface area (Å²) in [5.41, 5.74) is 2.28. The molecular formula is C19H29N5O. The van der Waals surface area contributed by atoms with Crippen molar-refractivity contribution in [2.24, 2.45) is 0 Å². The fourth-order valence-electron chi connectivity index (χ4n) is 4.10. The Hall–Kier alpha value is -1.66. The molecule has 0 N–H and O–H groups in total. The molecule has 2 fully saturated rings. The Kier molecular flexibility index (Phi) is 4.65. The molecule has 0 radical (unpaired) electrons. The van der Waals surface area contributed by atoms with Crippen LogP contribution in [0.3, 0.4) is 0 Å². The number of hydrogen-bond donors (Lipinski definition) is 0. The van der Waals surface area contributed by atoms with E-state index in [1.54, 1.807) is 0 Å². The molecule has 6 heteroatoms. The Morgan fingerprint density at radius 3 is 2.52 bits per heavy atom. The number of rotatable bonds is 3. The van der Waals surface area contributed by atoms with Gasteiger partial charge in [0.2, 0.25) is 0 Å². The number of hydrogen-bond acceptors (Lipinski definition) is 5. The summed E-state index contributed by atoms with van der Waals surface area (Å²) in [5.74, 6) is 1.10. The predicted molar refractivity (Wildman–Crippen MR) is 100 cm³/mol. The first kappa shape index (κ1) is 16.8. The lowest BCUT2D eigenvalue weighted by Crippen LogP contribution is -2.49. The largest absolute Gasteiger partial charge is 0.379 e. The van der Waals surface area contributed by atoms with Gasteiger partial charge in [-0.3, -0.25) is 4.90 Å². The molecule has 4 heterocycles. The van der Waals surface area contributed by atoms with E-state index in [0.29, 0.717) is 12.1 Å². The van der Waals surface area contributed by atoms with Gasteiger partial charge in [-0.25, -0.2) is 9.67 Å². The molecule has 2 aliphatic rings. The zero-order chi connectivity index (χ0) is 17.4. The maximum absolute atomic E-state index is 5.49. The van der Waals surface area contributed by atoms with Gasteiger partial charge in [0.25, 0.3) is 0 Å². The van der Waals surface area contributed by atoms with E-state index >= 15 is 0 Å². The van der Waals surface area contributed by atoms with Crippen molar-refractivity contribution < 1.29 is 4.74 Å². The molecule has 0 atom stereocenters. The lowest BCUT2D eigenvalue weighted by atomic mass is 10.0. The summed E-state index contributed by atoms with van der Waals surface area (Å²) in [7, 11) is 0. The van der Waals surface area contributed by atoms with E-state index in [2.05, 4.69) is 41.7 Å². The molecule has 0 bridgehead atoms. The lowest BCUT2D eigenvalue weighted by Gasteiger charge is -2.40. The summed E-state index contributed by atoms with van der Waals surface area (Å²) in [4.78, 5) is 10.0. The molecule has 0 amide bonds. The topological polar surface area (TPSA) is 46.4 Å². The average molecular weight is 343 g/mol. The first-order valence-electron chi connectivity index (χ1n) is 9.55. The number of fused-ring (bicyclic) bond motifs is 1. The maximum atomic E-state index is 5.49. The third-order valence-corrected chi connectivity index (χ3v) is 5.60. The minimum atomic E-state index is 0.326. The molecule has 0 unspecified atom stereocenters. The quantitative estimate of drug-likeness (QED) is 0.857. The summed E-state index contributed by atoms with van der Waals surface area (Å²) in [6.07, 6.45) is 4.37.